The minimum Gasteiger partial charge on any atom is -0.480 e. The molecule has 0 fully saturated rings. The van der Waals surface area contributed by atoms with E-state index in [1.54, 1.807) is 20.8 Å². The number of nitrogens with zero attached hydrogens (tertiary/aromatic N) is 1. The van der Waals surface area contributed by atoms with Crippen LogP contribution in [-0.2, 0) is 27.2 Å². The Kier molecular flexibility index (Phi) is 4.72. The van der Waals surface area contributed by atoms with Gasteiger partial charge in [-0.3, -0.25) is 9.69 Å². The van der Waals surface area contributed by atoms with E-state index in [2.05, 4.69) is 21.2 Å². The topological polar surface area (TPSA) is 95.9 Å². The summed E-state index contributed by atoms with van der Waals surface area (Å²) in [7, 11) is 0. The number of aryl methyl sites for hydroxylation is 1. The van der Waals surface area contributed by atoms with Gasteiger partial charge in [-0.05, 0) is 56.9 Å². The molecular weight excluding hydrogens is 404 g/mol. The van der Waals surface area contributed by atoms with E-state index in [1.807, 2.05) is 12.1 Å². The fraction of sp³-hybridized carbons (Fsp3) is 0.500. The second-order valence-corrected chi connectivity index (χ2v) is 8.49. The Morgan fingerprint density at radius 1 is 1.31 bits per heavy atom. The molecule has 2 amide bonds. The predicted molar refractivity (Wildman–Crippen MR) is 98.2 cm³/mol. The van der Waals surface area contributed by atoms with Crippen molar-refractivity contribution in [2.24, 2.45) is 0 Å². The summed E-state index contributed by atoms with van der Waals surface area (Å²) >= 11 is 3.45. The van der Waals surface area contributed by atoms with Crippen LogP contribution in [0.5, 0.6) is 0 Å². The molecule has 2 atom stereocenters. The van der Waals surface area contributed by atoms with E-state index >= 15 is 0 Å². The number of nitrogens with one attached hydrogen (secondary N) is 1. The minimum atomic E-state index is -1.06. The highest BCUT2D eigenvalue weighted by molar-refractivity contribution is 9.10. The molecule has 2 aliphatic rings. The third-order valence-electron chi connectivity index (χ3n) is 4.41. The number of halogens is 1. The molecule has 1 aromatic carbocycles. The van der Waals surface area contributed by atoms with Gasteiger partial charge >= 0.3 is 12.1 Å². The van der Waals surface area contributed by atoms with Crippen molar-refractivity contribution in [2.45, 2.75) is 57.7 Å². The van der Waals surface area contributed by atoms with E-state index in [1.165, 1.54) is 4.90 Å². The second kappa shape index (κ2) is 6.57. The number of aliphatic carboxylic acids is 1. The lowest BCUT2D eigenvalue weighted by molar-refractivity contribution is -0.140. The van der Waals surface area contributed by atoms with Gasteiger partial charge in [0.05, 0.1) is 5.69 Å². The molecule has 2 N–H and O–H groups in total. The van der Waals surface area contributed by atoms with Crippen LogP contribution in [0.2, 0.25) is 0 Å². The summed E-state index contributed by atoms with van der Waals surface area (Å²) in [5.74, 6) is -1.47. The van der Waals surface area contributed by atoms with Gasteiger partial charge in [-0.2, -0.15) is 0 Å². The third-order valence-corrected chi connectivity index (χ3v) is 4.87. The van der Waals surface area contributed by atoms with Crippen LogP contribution in [0.15, 0.2) is 16.6 Å². The summed E-state index contributed by atoms with van der Waals surface area (Å²) in [6.45, 7) is 5.21. The van der Waals surface area contributed by atoms with Crippen LogP contribution in [0.4, 0.5) is 10.5 Å². The van der Waals surface area contributed by atoms with E-state index in [9.17, 15) is 19.5 Å². The summed E-state index contributed by atoms with van der Waals surface area (Å²) in [6.07, 6.45) is 0.497. The van der Waals surface area contributed by atoms with Crippen LogP contribution in [0, 0.1) is 0 Å². The Bertz CT molecular complexity index is 787. The van der Waals surface area contributed by atoms with Gasteiger partial charge in [0.15, 0.2) is 0 Å². The second-order valence-electron chi connectivity index (χ2n) is 7.58. The first kappa shape index (κ1) is 18.7. The SMILES string of the molecule is CC(C)(C)OC(=O)NC1CCc2cc(Br)cc3c2N(C1=O)[C@H](C(=O)O)C3. The van der Waals surface area contributed by atoms with Crippen LogP contribution in [0.25, 0.3) is 0 Å². The lowest BCUT2D eigenvalue weighted by Crippen LogP contribution is -2.53. The molecule has 1 unspecified atom stereocenters. The first-order valence-corrected chi connectivity index (χ1v) is 9.23. The molecule has 3 rings (SSSR count). The number of carbonyl (C=O) groups is 3. The van der Waals surface area contributed by atoms with E-state index in [4.69, 9.17) is 4.74 Å². The molecule has 2 aliphatic heterocycles. The van der Waals surface area contributed by atoms with Gasteiger partial charge in [0, 0.05) is 10.9 Å². The largest absolute Gasteiger partial charge is 0.480 e. The van der Waals surface area contributed by atoms with Crippen LogP contribution >= 0.6 is 15.9 Å². The number of amides is 2. The molecule has 1 aromatic rings. The molecule has 0 bridgehead atoms. The van der Waals surface area contributed by atoms with Gasteiger partial charge in [-0.1, -0.05) is 15.9 Å². The van der Waals surface area contributed by atoms with Crippen LogP contribution in [0.3, 0.4) is 0 Å². The zero-order chi connectivity index (χ0) is 19.2. The fourth-order valence-electron chi connectivity index (χ4n) is 3.46. The summed E-state index contributed by atoms with van der Waals surface area (Å²) in [6, 6.07) is 1.96. The van der Waals surface area contributed by atoms with Gasteiger partial charge in [0.2, 0.25) is 0 Å². The van der Waals surface area contributed by atoms with Gasteiger partial charge in [-0.25, -0.2) is 9.59 Å². The predicted octanol–water partition coefficient (Wildman–Crippen LogP) is 2.63. The minimum absolute atomic E-state index is 0.252. The highest BCUT2D eigenvalue weighted by Gasteiger charge is 2.44. The smallest absolute Gasteiger partial charge is 0.408 e. The van der Waals surface area contributed by atoms with E-state index in [0.29, 0.717) is 18.5 Å². The summed E-state index contributed by atoms with van der Waals surface area (Å²) in [5, 5.41) is 12.2. The molecule has 0 saturated heterocycles. The molecule has 7 nitrogen and oxygen atoms in total. The van der Waals surface area contributed by atoms with Crippen molar-refractivity contribution in [3.8, 4) is 0 Å². The molecule has 0 saturated carbocycles. The Morgan fingerprint density at radius 2 is 1.96 bits per heavy atom. The van der Waals surface area contributed by atoms with Crippen molar-refractivity contribution in [1.82, 2.24) is 5.32 Å². The maximum Gasteiger partial charge on any atom is 0.408 e. The van der Waals surface area contributed by atoms with Crippen molar-refractivity contribution in [1.29, 1.82) is 0 Å². The molecule has 2 heterocycles. The van der Waals surface area contributed by atoms with Crippen molar-refractivity contribution in [3.05, 3.63) is 27.7 Å². The summed E-state index contributed by atoms with van der Waals surface area (Å²) in [5.41, 5.74) is 1.71. The van der Waals surface area contributed by atoms with Crippen LogP contribution in [0.1, 0.15) is 38.3 Å². The van der Waals surface area contributed by atoms with Gasteiger partial charge < -0.3 is 15.2 Å². The van der Waals surface area contributed by atoms with E-state index in [0.717, 1.165) is 15.6 Å². The Hall–Kier alpha value is -2.09. The number of alkyl carbamates (subject to hydrolysis) is 1. The van der Waals surface area contributed by atoms with Gasteiger partial charge in [-0.15, -0.1) is 0 Å². The van der Waals surface area contributed by atoms with Crippen molar-refractivity contribution in [2.75, 3.05) is 4.90 Å². The number of hydrogen-bond donors (Lipinski definition) is 2. The van der Waals surface area contributed by atoms with Gasteiger partial charge in [0.25, 0.3) is 5.91 Å². The molecule has 8 heteroatoms. The number of ether oxygens (including phenoxy) is 1. The number of carboxylic acids is 1. The molecule has 0 spiro atoms. The van der Waals surface area contributed by atoms with Crippen LogP contribution in [-0.4, -0.2) is 40.8 Å². The van der Waals surface area contributed by atoms with E-state index in [-0.39, 0.29) is 6.42 Å². The lowest BCUT2D eigenvalue weighted by Gasteiger charge is -2.27. The lowest BCUT2D eigenvalue weighted by atomic mass is 10.0. The quantitative estimate of drug-likeness (QED) is 0.760. The molecule has 0 aromatic heterocycles. The Morgan fingerprint density at radius 3 is 2.58 bits per heavy atom. The summed E-state index contributed by atoms with van der Waals surface area (Å²) in [4.78, 5) is 38.2. The fourth-order valence-corrected chi connectivity index (χ4v) is 4.02. The Balaban J connectivity index is 1.93. The molecule has 140 valence electrons. The number of carbonyl (C=O) groups excluding carboxylic acids is 2. The summed E-state index contributed by atoms with van der Waals surface area (Å²) < 4.78 is 6.09. The first-order chi connectivity index (χ1) is 12.1. The zero-order valence-corrected chi connectivity index (χ0v) is 16.4. The number of benzene rings is 1. The highest BCUT2D eigenvalue weighted by atomic mass is 79.9. The normalized spacial score (nSPS) is 21.8. The molecule has 0 radical (unpaired) electrons. The number of rotatable bonds is 2. The van der Waals surface area contributed by atoms with Crippen molar-refractivity contribution in [3.63, 3.8) is 0 Å². The maximum absolute atomic E-state index is 13.1. The van der Waals surface area contributed by atoms with Crippen molar-refractivity contribution < 1.29 is 24.2 Å². The zero-order valence-electron chi connectivity index (χ0n) is 14.8. The highest BCUT2D eigenvalue weighted by Crippen LogP contribution is 2.41. The maximum atomic E-state index is 13.1. The number of anilines is 1. The standard InChI is InChI=1S/C18H21BrN2O5/c1-18(2,3)26-17(25)20-12-5-4-9-6-11(19)7-10-8-13(16(23)24)21(14(9)10)15(12)22/h6-7,12-13H,4-5,8H2,1-3H3,(H,20,25)(H,23,24)/t12?,13-/m0/s1. The molecule has 26 heavy (non-hydrogen) atoms. The molecule has 0 aliphatic carbocycles. The Labute approximate surface area is 159 Å². The number of hydrogen-bond acceptors (Lipinski definition) is 4. The first-order valence-electron chi connectivity index (χ1n) is 8.43. The average molecular weight is 425 g/mol. The van der Waals surface area contributed by atoms with Crippen LogP contribution < -0.4 is 10.2 Å². The average Bonchev–Trinajstić information content (AvgIpc) is 2.81. The number of carboxylic acid groups (broad SMARTS) is 1. The third kappa shape index (κ3) is 3.56. The van der Waals surface area contributed by atoms with E-state index < -0.39 is 35.7 Å². The van der Waals surface area contributed by atoms with Gasteiger partial charge in [0.1, 0.15) is 17.7 Å². The molecular formula is C18H21BrN2O5. The van der Waals surface area contributed by atoms with Crippen molar-refractivity contribution >= 4 is 39.6 Å². The monoisotopic (exact) mass is 424 g/mol.